The average Bonchev–Trinajstić information content (AvgIpc) is 2.95. The monoisotopic (exact) mass is 349 g/mol. The fraction of sp³-hybridized carbons (Fsp3) is 0.100. The summed E-state index contributed by atoms with van der Waals surface area (Å²) in [6.07, 6.45) is 3.38. The molecule has 0 saturated carbocycles. The number of rotatable bonds is 5. The Kier molecular flexibility index (Phi) is 5.36. The fourth-order valence-corrected chi connectivity index (χ4v) is 3.05. The minimum atomic E-state index is -0.151. The van der Waals surface area contributed by atoms with Gasteiger partial charge in [0.25, 0.3) is 0 Å². The van der Waals surface area contributed by atoms with Crippen molar-refractivity contribution < 1.29 is 4.79 Å². The van der Waals surface area contributed by atoms with Crippen molar-refractivity contribution in [3.63, 3.8) is 0 Å². The summed E-state index contributed by atoms with van der Waals surface area (Å²) in [4.78, 5) is 17.5. The van der Waals surface area contributed by atoms with Gasteiger partial charge >= 0.3 is 0 Å². The zero-order chi connectivity index (χ0) is 17.6. The van der Waals surface area contributed by atoms with Crippen molar-refractivity contribution in [1.82, 2.24) is 9.55 Å². The predicted octanol–water partition coefficient (Wildman–Crippen LogP) is 4.64. The van der Waals surface area contributed by atoms with Crippen LogP contribution in [0.15, 0.2) is 77.2 Å². The number of nitrogens with zero attached hydrogens (tertiary/aromatic N) is 2. The average molecular weight is 349 g/mol. The van der Waals surface area contributed by atoms with Crippen molar-refractivity contribution in [1.29, 1.82) is 0 Å². The molecule has 0 saturated heterocycles. The van der Waals surface area contributed by atoms with E-state index in [2.05, 4.69) is 10.3 Å². The summed E-state index contributed by atoms with van der Waals surface area (Å²) >= 11 is 1.51. The first kappa shape index (κ1) is 17.0. The molecular weight excluding hydrogens is 330 g/mol. The number of thioether (sulfide) groups is 1. The molecule has 0 aliphatic rings. The van der Waals surface area contributed by atoms with Crippen LogP contribution in [-0.2, 0) is 11.8 Å². The van der Waals surface area contributed by atoms with E-state index in [4.69, 9.17) is 0 Å². The number of aryl methyl sites for hydroxylation is 1. The standard InChI is InChI=1S/C20H19N3OS/c1-15-21-14-19(23(15)2)16-7-6-8-17(13-16)22-20(24)11-12-25-18-9-4-3-5-10-18/h3-14H,1-2H3,(H,22,24). The molecule has 1 amide bonds. The van der Waals surface area contributed by atoms with Crippen LogP contribution in [-0.4, -0.2) is 15.5 Å². The summed E-state index contributed by atoms with van der Waals surface area (Å²) in [5.41, 5.74) is 2.79. The maximum atomic E-state index is 12.1. The minimum Gasteiger partial charge on any atom is -0.331 e. The van der Waals surface area contributed by atoms with E-state index in [-0.39, 0.29) is 5.91 Å². The van der Waals surface area contributed by atoms with Gasteiger partial charge in [-0.25, -0.2) is 4.98 Å². The molecular formula is C20H19N3OS. The Morgan fingerprint density at radius 1 is 1.16 bits per heavy atom. The van der Waals surface area contributed by atoms with Gasteiger partial charge in [0.2, 0.25) is 5.91 Å². The SMILES string of the molecule is Cc1ncc(-c2cccc(NC(=O)C=CSc3ccccc3)c2)n1C. The summed E-state index contributed by atoms with van der Waals surface area (Å²) in [5.74, 6) is 0.798. The third-order valence-corrected chi connectivity index (χ3v) is 4.63. The third-order valence-electron chi connectivity index (χ3n) is 3.81. The van der Waals surface area contributed by atoms with Crippen LogP contribution in [0.1, 0.15) is 5.82 Å². The smallest absolute Gasteiger partial charge is 0.248 e. The highest BCUT2D eigenvalue weighted by Crippen LogP contribution is 2.23. The van der Waals surface area contributed by atoms with E-state index in [0.717, 1.165) is 27.7 Å². The molecule has 5 heteroatoms. The Morgan fingerprint density at radius 3 is 2.68 bits per heavy atom. The number of nitrogens with one attached hydrogen (secondary N) is 1. The van der Waals surface area contributed by atoms with E-state index in [9.17, 15) is 4.79 Å². The van der Waals surface area contributed by atoms with Gasteiger partial charge in [-0.3, -0.25) is 4.79 Å². The number of hydrogen-bond acceptors (Lipinski definition) is 3. The lowest BCUT2D eigenvalue weighted by molar-refractivity contribution is -0.111. The molecule has 0 unspecified atom stereocenters. The Balaban J connectivity index is 1.66. The third kappa shape index (κ3) is 4.39. The summed E-state index contributed by atoms with van der Waals surface area (Å²) in [5, 5.41) is 4.69. The molecule has 0 radical (unpaired) electrons. The van der Waals surface area contributed by atoms with Gasteiger partial charge in [-0.05, 0) is 36.6 Å². The Hall–Kier alpha value is -2.79. The molecule has 0 aliphatic carbocycles. The number of amides is 1. The first-order chi connectivity index (χ1) is 12.1. The van der Waals surface area contributed by atoms with E-state index in [0.29, 0.717) is 0 Å². The van der Waals surface area contributed by atoms with Crippen LogP contribution in [0.5, 0.6) is 0 Å². The molecule has 4 nitrogen and oxygen atoms in total. The van der Waals surface area contributed by atoms with Gasteiger partial charge in [0.1, 0.15) is 5.82 Å². The molecule has 2 aromatic carbocycles. The Morgan fingerprint density at radius 2 is 1.96 bits per heavy atom. The number of benzene rings is 2. The van der Waals surface area contributed by atoms with Crippen LogP contribution < -0.4 is 5.32 Å². The van der Waals surface area contributed by atoms with Crippen LogP contribution in [0.3, 0.4) is 0 Å². The topological polar surface area (TPSA) is 46.9 Å². The summed E-state index contributed by atoms with van der Waals surface area (Å²) in [6.45, 7) is 1.96. The van der Waals surface area contributed by atoms with Gasteiger partial charge in [-0.15, -0.1) is 0 Å². The second-order valence-electron chi connectivity index (χ2n) is 5.55. The highest BCUT2D eigenvalue weighted by atomic mass is 32.2. The van der Waals surface area contributed by atoms with Gasteiger partial charge in [-0.1, -0.05) is 42.1 Å². The van der Waals surface area contributed by atoms with Gasteiger partial charge in [-0.2, -0.15) is 0 Å². The summed E-state index contributed by atoms with van der Waals surface area (Å²) in [6, 6.07) is 17.7. The maximum Gasteiger partial charge on any atom is 0.248 e. The number of imidazole rings is 1. The number of hydrogen-bond donors (Lipinski definition) is 1. The molecule has 0 fully saturated rings. The molecule has 25 heavy (non-hydrogen) atoms. The minimum absolute atomic E-state index is 0.151. The lowest BCUT2D eigenvalue weighted by Gasteiger charge is -2.07. The molecule has 126 valence electrons. The van der Waals surface area contributed by atoms with Crippen molar-refractivity contribution in [2.24, 2.45) is 7.05 Å². The predicted molar refractivity (Wildman–Crippen MR) is 103 cm³/mol. The normalized spacial score (nSPS) is 11.0. The zero-order valence-corrected chi connectivity index (χ0v) is 15.0. The Bertz CT molecular complexity index is 900. The molecule has 0 aliphatic heterocycles. The first-order valence-electron chi connectivity index (χ1n) is 7.91. The molecule has 1 heterocycles. The molecule has 1 N–H and O–H groups in total. The molecule has 0 atom stereocenters. The van der Waals surface area contributed by atoms with E-state index in [1.165, 1.54) is 11.8 Å². The van der Waals surface area contributed by atoms with Crippen LogP contribution in [0.25, 0.3) is 11.3 Å². The second kappa shape index (κ2) is 7.85. The highest BCUT2D eigenvalue weighted by Gasteiger charge is 2.07. The van der Waals surface area contributed by atoms with E-state index in [1.54, 1.807) is 11.5 Å². The maximum absolute atomic E-state index is 12.1. The van der Waals surface area contributed by atoms with Crippen molar-refractivity contribution in [2.75, 3.05) is 5.32 Å². The largest absolute Gasteiger partial charge is 0.331 e. The number of carbonyl (C=O) groups is 1. The lowest BCUT2D eigenvalue weighted by atomic mass is 10.1. The van der Waals surface area contributed by atoms with Crippen LogP contribution >= 0.6 is 11.8 Å². The summed E-state index contributed by atoms with van der Waals surface area (Å²) < 4.78 is 2.03. The van der Waals surface area contributed by atoms with Gasteiger partial charge in [0, 0.05) is 29.3 Å². The van der Waals surface area contributed by atoms with Crippen molar-refractivity contribution in [2.45, 2.75) is 11.8 Å². The molecule has 3 rings (SSSR count). The number of aromatic nitrogens is 2. The molecule has 0 spiro atoms. The van der Waals surface area contributed by atoms with Crippen molar-refractivity contribution >= 4 is 23.4 Å². The lowest BCUT2D eigenvalue weighted by Crippen LogP contribution is -2.07. The van der Waals surface area contributed by atoms with E-state index >= 15 is 0 Å². The second-order valence-corrected chi connectivity index (χ2v) is 6.53. The molecule has 0 bridgehead atoms. The van der Waals surface area contributed by atoms with Crippen LogP contribution in [0.2, 0.25) is 0 Å². The van der Waals surface area contributed by atoms with Crippen LogP contribution in [0, 0.1) is 6.92 Å². The molecule has 1 aromatic heterocycles. The fourth-order valence-electron chi connectivity index (χ4n) is 2.38. The number of carbonyl (C=O) groups excluding carboxylic acids is 1. The van der Waals surface area contributed by atoms with Crippen molar-refractivity contribution in [3.8, 4) is 11.3 Å². The van der Waals surface area contributed by atoms with Crippen LogP contribution in [0.4, 0.5) is 5.69 Å². The number of anilines is 1. The molecule has 3 aromatic rings. The quantitative estimate of drug-likeness (QED) is 0.539. The highest BCUT2D eigenvalue weighted by molar-refractivity contribution is 8.02. The van der Waals surface area contributed by atoms with E-state index < -0.39 is 0 Å². The van der Waals surface area contributed by atoms with Crippen molar-refractivity contribution in [3.05, 3.63) is 78.1 Å². The van der Waals surface area contributed by atoms with Gasteiger partial charge < -0.3 is 9.88 Å². The van der Waals surface area contributed by atoms with Gasteiger partial charge in [0.05, 0.1) is 11.9 Å². The van der Waals surface area contributed by atoms with Gasteiger partial charge in [0.15, 0.2) is 0 Å². The zero-order valence-electron chi connectivity index (χ0n) is 14.1. The summed E-state index contributed by atoms with van der Waals surface area (Å²) in [7, 11) is 1.98. The first-order valence-corrected chi connectivity index (χ1v) is 8.79. The Labute approximate surface area is 151 Å². The van der Waals surface area contributed by atoms with E-state index in [1.807, 2.05) is 79.3 Å².